The van der Waals surface area contributed by atoms with Crippen LogP contribution in [-0.2, 0) is 0 Å². The van der Waals surface area contributed by atoms with Crippen LogP contribution < -0.4 is 5.73 Å². The maximum atomic E-state index is 5.64. The SMILES string of the molecule is CC=CC=C1C=CC=C(N)C1. The Morgan fingerprint density at radius 1 is 1.55 bits per heavy atom. The Hall–Kier alpha value is -1.24. The van der Waals surface area contributed by atoms with E-state index in [2.05, 4.69) is 12.2 Å². The third kappa shape index (κ3) is 2.46. The van der Waals surface area contributed by atoms with Gasteiger partial charge < -0.3 is 5.73 Å². The lowest BCUT2D eigenvalue weighted by Gasteiger charge is -2.05. The van der Waals surface area contributed by atoms with Gasteiger partial charge >= 0.3 is 0 Å². The van der Waals surface area contributed by atoms with E-state index in [4.69, 9.17) is 5.73 Å². The highest BCUT2D eigenvalue weighted by atomic mass is 14.6. The number of hydrogen-bond donors (Lipinski definition) is 1. The quantitative estimate of drug-likeness (QED) is 0.605. The molecule has 11 heavy (non-hydrogen) atoms. The fraction of sp³-hybridized carbons (Fsp3) is 0.200. The molecule has 0 fully saturated rings. The van der Waals surface area contributed by atoms with Crippen LogP contribution in [0, 0.1) is 0 Å². The zero-order valence-electron chi connectivity index (χ0n) is 6.75. The van der Waals surface area contributed by atoms with E-state index in [1.54, 1.807) is 0 Å². The molecule has 1 aliphatic carbocycles. The molecule has 2 N–H and O–H groups in total. The maximum absolute atomic E-state index is 5.64. The lowest BCUT2D eigenvalue weighted by molar-refractivity contribution is 1.10. The lowest BCUT2D eigenvalue weighted by atomic mass is 10.1. The second-order valence-corrected chi connectivity index (χ2v) is 2.54. The van der Waals surface area contributed by atoms with Gasteiger partial charge in [-0.1, -0.05) is 30.4 Å². The van der Waals surface area contributed by atoms with Crippen LogP contribution in [0.25, 0.3) is 0 Å². The van der Waals surface area contributed by atoms with Gasteiger partial charge in [-0.15, -0.1) is 0 Å². The molecule has 0 radical (unpaired) electrons. The Balaban J connectivity index is 2.65. The van der Waals surface area contributed by atoms with Crippen LogP contribution in [0.1, 0.15) is 13.3 Å². The Labute approximate surface area is 67.6 Å². The molecule has 1 heteroatoms. The predicted molar refractivity (Wildman–Crippen MR) is 48.9 cm³/mol. The first kappa shape index (κ1) is 7.86. The number of allylic oxidation sites excluding steroid dienone is 7. The standard InChI is InChI=1S/C10H13N/c1-2-3-5-9-6-4-7-10(11)8-9/h2-7H,8,11H2,1H3. The lowest BCUT2D eigenvalue weighted by Crippen LogP contribution is -1.99. The van der Waals surface area contributed by atoms with E-state index >= 15 is 0 Å². The van der Waals surface area contributed by atoms with Gasteiger partial charge in [0.2, 0.25) is 0 Å². The second-order valence-electron chi connectivity index (χ2n) is 2.54. The van der Waals surface area contributed by atoms with E-state index in [0.29, 0.717) is 0 Å². The van der Waals surface area contributed by atoms with Crippen molar-refractivity contribution in [3.8, 4) is 0 Å². The first-order valence-electron chi connectivity index (χ1n) is 3.77. The molecule has 0 amide bonds. The topological polar surface area (TPSA) is 26.0 Å². The molecule has 0 saturated heterocycles. The van der Waals surface area contributed by atoms with Crippen LogP contribution in [0.5, 0.6) is 0 Å². The molecule has 0 aromatic rings. The molecule has 0 aromatic heterocycles. The first-order chi connectivity index (χ1) is 5.33. The summed E-state index contributed by atoms with van der Waals surface area (Å²) in [5.74, 6) is 0. The average molecular weight is 147 g/mol. The minimum Gasteiger partial charge on any atom is -0.402 e. The fourth-order valence-electron chi connectivity index (χ4n) is 0.983. The van der Waals surface area contributed by atoms with E-state index in [1.165, 1.54) is 5.57 Å². The fourth-order valence-corrected chi connectivity index (χ4v) is 0.983. The van der Waals surface area contributed by atoms with Crippen LogP contribution in [-0.4, -0.2) is 0 Å². The van der Waals surface area contributed by atoms with Gasteiger partial charge in [0.05, 0.1) is 0 Å². The van der Waals surface area contributed by atoms with Crippen molar-refractivity contribution < 1.29 is 0 Å². The maximum Gasteiger partial charge on any atom is 0.0125 e. The summed E-state index contributed by atoms with van der Waals surface area (Å²) in [4.78, 5) is 0. The number of nitrogens with two attached hydrogens (primary N) is 1. The van der Waals surface area contributed by atoms with E-state index in [9.17, 15) is 0 Å². The van der Waals surface area contributed by atoms with Gasteiger partial charge in [0.1, 0.15) is 0 Å². The molecule has 1 nitrogen and oxygen atoms in total. The van der Waals surface area contributed by atoms with Crippen molar-refractivity contribution in [2.45, 2.75) is 13.3 Å². The van der Waals surface area contributed by atoms with Gasteiger partial charge in [0, 0.05) is 12.1 Å². The average Bonchev–Trinajstić information content (AvgIpc) is 2.01. The minimum absolute atomic E-state index is 0.876. The van der Waals surface area contributed by atoms with Gasteiger partial charge in [-0.05, 0) is 18.6 Å². The molecule has 0 aliphatic heterocycles. The van der Waals surface area contributed by atoms with Crippen molar-refractivity contribution in [3.63, 3.8) is 0 Å². The molecule has 0 aromatic carbocycles. The summed E-state index contributed by atoms with van der Waals surface area (Å²) in [6, 6.07) is 0. The van der Waals surface area contributed by atoms with Crippen LogP contribution in [0.2, 0.25) is 0 Å². The molecule has 0 atom stereocenters. The molecule has 1 rings (SSSR count). The van der Waals surface area contributed by atoms with Gasteiger partial charge in [0.15, 0.2) is 0 Å². The number of rotatable bonds is 1. The Kier molecular flexibility index (Phi) is 2.73. The van der Waals surface area contributed by atoms with Crippen molar-refractivity contribution in [1.29, 1.82) is 0 Å². The summed E-state index contributed by atoms with van der Waals surface area (Å²) in [5.41, 5.74) is 7.84. The van der Waals surface area contributed by atoms with Crippen LogP contribution in [0.3, 0.4) is 0 Å². The van der Waals surface area contributed by atoms with Crippen LogP contribution in [0.4, 0.5) is 0 Å². The van der Waals surface area contributed by atoms with Crippen molar-refractivity contribution in [2.75, 3.05) is 0 Å². The van der Waals surface area contributed by atoms with Crippen LogP contribution >= 0.6 is 0 Å². The Morgan fingerprint density at radius 3 is 3.00 bits per heavy atom. The molecule has 0 heterocycles. The highest BCUT2D eigenvalue weighted by Crippen LogP contribution is 2.13. The summed E-state index contributed by atoms with van der Waals surface area (Å²) in [6.45, 7) is 2.00. The Morgan fingerprint density at radius 2 is 2.36 bits per heavy atom. The van der Waals surface area contributed by atoms with Gasteiger partial charge in [-0.2, -0.15) is 0 Å². The summed E-state index contributed by atoms with van der Waals surface area (Å²) < 4.78 is 0. The van der Waals surface area contributed by atoms with Gasteiger partial charge in [-0.3, -0.25) is 0 Å². The van der Waals surface area contributed by atoms with E-state index < -0.39 is 0 Å². The summed E-state index contributed by atoms with van der Waals surface area (Å²) in [5, 5.41) is 0. The molecular weight excluding hydrogens is 134 g/mol. The van der Waals surface area contributed by atoms with Crippen molar-refractivity contribution in [2.24, 2.45) is 5.73 Å². The predicted octanol–water partition coefficient (Wildman–Crippen LogP) is 2.29. The molecule has 0 bridgehead atoms. The Bertz CT molecular complexity index is 242. The first-order valence-corrected chi connectivity index (χ1v) is 3.77. The summed E-state index contributed by atoms with van der Waals surface area (Å²) in [6.07, 6.45) is 13.0. The highest BCUT2D eigenvalue weighted by molar-refractivity contribution is 5.35. The van der Waals surface area contributed by atoms with E-state index in [-0.39, 0.29) is 0 Å². The third-order valence-electron chi connectivity index (χ3n) is 1.53. The smallest absolute Gasteiger partial charge is 0.0125 e. The molecule has 0 unspecified atom stereocenters. The van der Waals surface area contributed by atoms with E-state index in [0.717, 1.165) is 12.1 Å². The van der Waals surface area contributed by atoms with Crippen molar-refractivity contribution in [3.05, 3.63) is 47.7 Å². The molecular formula is C10H13N. The van der Waals surface area contributed by atoms with Gasteiger partial charge in [0.25, 0.3) is 0 Å². The zero-order chi connectivity index (χ0) is 8.10. The molecule has 0 saturated carbocycles. The zero-order valence-corrected chi connectivity index (χ0v) is 6.75. The van der Waals surface area contributed by atoms with Crippen molar-refractivity contribution in [1.82, 2.24) is 0 Å². The highest BCUT2D eigenvalue weighted by Gasteiger charge is 1.97. The van der Waals surface area contributed by atoms with Gasteiger partial charge in [-0.25, -0.2) is 0 Å². The van der Waals surface area contributed by atoms with E-state index in [1.807, 2.05) is 31.2 Å². The monoisotopic (exact) mass is 147 g/mol. The molecule has 0 spiro atoms. The summed E-state index contributed by atoms with van der Waals surface area (Å²) >= 11 is 0. The number of hydrogen-bond acceptors (Lipinski definition) is 1. The van der Waals surface area contributed by atoms with Crippen LogP contribution in [0.15, 0.2) is 47.7 Å². The molecule has 58 valence electrons. The second kappa shape index (κ2) is 3.81. The minimum atomic E-state index is 0.876. The largest absolute Gasteiger partial charge is 0.402 e. The normalized spacial score (nSPS) is 21.2. The third-order valence-corrected chi connectivity index (χ3v) is 1.53. The molecule has 1 aliphatic rings. The summed E-state index contributed by atoms with van der Waals surface area (Å²) in [7, 11) is 0. The van der Waals surface area contributed by atoms with Crippen molar-refractivity contribution >= 4 is 0 Å².